The number of hydrogen-bond donors (Lipinski definition) is 1. The highest BCUT2D eigenvalue weighted by Gasteiger charge is 2.17. The number of hydrogen-bond acceptors (Lipinski definition) is 4. The van der Waals surface area contributed by atoms with Gasteiger partial charge in [0, 0.05) is 18.5 Å². The Morgan fingerprint density at radius 1 is 0.963 bits per heavy atom. The van der Waals surface area contributed by atoms with Crippen LogP contribution in [-0.4, -0.2) is 30.8 Å². The van der Waals surface area contributed by atoms with Crippen LogP contribution in [0, 0.1) is 5.92 Å². The highest BCUT2D eigenvalue weighted by Crippen LogP contribution is 2.24. The number of ether oxygens (including phenoxy) is 1. The maximum atomic E-state index is 12.3. The highest BCUT2D eigenvalue weighted by atomic mass is 16.5. The van der Waals surface area contributed by atoms with E-state index in [4.69, 9.17) is 4.74 Å². The molecular formula is C22H29NO4. The van der Waals surface area contributed by atoms with E-state index < -0.39 is 5.97 Å². The number of carbonyl (C=O) groups is 3. The van der Waals surface area contributed by atoms with E-state index in [0.717, 1.165) is 32.1 Å². The minimum Gasteiger partial charge on any atom is -0.456 e. The van der Waals surface area contributed by atoms with Gasteiger partial charge < -0.3 is 10.1 Å². The third-order valence-corrected chi connectivity index (χ3v) is 5.65. The molecule has 2 aliphatic rings. The minimum atomic E-state index is -0.502. The summed E-state index contributed by atoms with van der Waals surface area (Å²) in [4.78, 5) is 35.9. The Morgan fingerprint density at radius 3 is 2.56 bits per heavy atom. The zero-order valence-electron chi connectivity index (χ0n) is 15.9. The van der Waals surface area contributed by atoms with E-state index in [1.165, 1.54) is 30.4 Å². The van der Waals surface area contributed by atoms with E-state index in [0.29, 0.717) is 18.0 Å². The predicted molar refractivity (Wildman–Crippen MR) is 103 cm³/mol. The van der Waals surface area contributed by atoms with Crippen molar-refractivity contribution in [1.82, 2.24) is 5.32 Å². The Hall–Kier alpha value is -2.17. The lowest BCUT2D eigenvalue weighted by Gasteiger charge is -2.21. The van der Waals surface area contributed by atoms with E-state index >= 15 is 0 Å². The van der Waals surface area contributed by atoms with E-state index in [2.05, 4.69) is 5.32 Å². The number of ketones is 1. The number of rotatable bonds is 8. The molecule has 3 rings (SSSR count). The van der Waals surface area contributed by atoms with Crippen molar-refractivity contribution in [2.24, 2.45) is 5.92 Å². The second-order valence-electron chi connectivity index (χ2n) is 7.73. The largest absolute Gasteiger partial charge is 0.456 e. The molecule has 0 bridgehead atoms. The molecule has 5 nitrogen and oxygen atoms in total. The number of benzene rings is 1. The maximum absolute atomic E-state index is 12.3. The van der Waals surface area contributed by atoms with Crippen LogP contribution in [-0.2, 0) is 27.2 Å². The van der Waals surface area contributed by atoms with Crippen molar-refractivity contribution in [2.45, 2.75) is 64.2 Å². The fourth-order valence-electron chi connectivity index (χ4n) is 4.02. The lowest BCUT2D eigenvalue weighted by molar-refractivity contribution is -0.148. The predicted octanol–water partition coefficient (Wildman–Crippen LogP) is 3.38. The maximum Gasteiger partial charge on any atom is 0.306 e. The van der Waals surface area contributed by atoms with Crippen LogP contribution in [0.3, 0.4) is 0 Å². The summed E-state index contributed by atoms with van der Waals surface area (Å²) in [5.41, 5.74) is 3.23. The Morgan fingerprint density at radius 2 is 1.74 bits per heavy atom. The summed E-state index contributed by atoms with van der Waals surface area (Å²) in [5.74, 6) is -0.275. The van der Waals surface area contributed by atoms with E-state index in [1.54, 1.807) is 0 Å². The SMILES string of the molecule is O=C(COC(=O)CCC(=O)c1ccc2c(c1)CCC2)NCC1CCCCC1. The van der Waals surface area contributed by atoms with Crippen LogP contribution in [0.15, 0.2) is 18.2 Å². The Kier molecular flexibility index (Phi) is 7.02. The number of Topliss-reactive ketones (excluding diaryl/α,β-unsaturated/α-hetero) is 1. The molecule has 2 aliphatic carbocycles. The zero-order chi connectivity index (χ0) is 19.1. The topological polar surface area (TPSA) is 72.5 Å². The lowest BCUT2D eigenvalue weighted by Crippen LogP contribution is -2.33. The minimum absolute atomic E-state index is 0.00578. The second-order valence-corrected chi connectivity index (χ2v) is 7.73. The van der Waals surface area contributed by atoms with Crippen LogP contribution >= 0.6 is 0 Å². The first-order valence-corrected chi connectivity index (χ1v) is 10.2. The molecule has 5 heteroatoms. The lowest BCUT2D eigenvalue weighted by atomic mass is 9.89. The number of esters is 1. The highest BCUT2D eigenvalue weighted by molar-refractivity contribution is 5.97. The molecule has 0 aliphatic heterocycles. The average molecular weight is 371 g/mol. The molecule has 1 aromatic carbocycles. The van der Waals surface area contributed by atoms with Crippen molar-refractivity contribution in [3.8, 4) is 0 Å². The molecular weight excluding hydrogens is 342 g/mol. The molecule has 1 amide bonds. The molecule has 146 valence electrons. The molecule has 0 unspecified atom stereocenters. The molecule has 0 heterocycles. The van der Waals surface area contributed by atoms with Gasteiger partial charge in [0.2, 0.25) is 0 Å². The van der Waals surface area contributed by atoms with Crippen molar-refractivity contribution >= 4 is 17.7 Å². The first-order chi connectivity index (χ1) is 13.1. The number of amides is 1. The van der Waals surface area contributed by atoms with Crippen LogP contribution in [0.25, 0.3) is 0 Å². The van der Waals surface area contributed by atoms with E-state index in [1.807, 2.05) is 18.2 Å². The first kappa shape index (κ1) is 19.6. The van der Waals surface area contributed by atoms with Crippen molar-refractivity contribution in [2.75, 3.05) is 13.2 Å². The van der Waals surface area contributed by atoms with Crippen molar-refractivity contribution < 1.29 is 19.1 Å². The Balaban J connectivity index is 1.33. The van der Waals surface area contributed by atoms with Gasteiger partial charge in [-0.1, -0.05) is 31.4 Å². The standard InChI is InChI=1S/C22H29NO4/c24-20(19-10-9-17-7-4-8-18(17)13-19)11-12-22(26)27-15-21(25)23-14-16-5-2-1-3-6-16/h9-10,13,16H,1-8,11-12,14-15H2,(H,23,25). The van der Waals surface area contributed by atoms with Crippen molar-refractivity contribution in [3.05, 3.63) is 34.9 Å². The van der Waals surface area contributed by atoms with Gasteiger partial charge in [0.25, 0.3) is 5.91 Å². The Labute approximate surface area is 160 Å². The third-order valence-electron chi connectivity index (χ3n) is 5.65. The zero-order valence-corrected chi connectivity index (χ0v) is 15.9. The van der Waals surface area contributed by atoms with Gasteiger partial charge in [-0.15, -0.1) is 0 Å². The summed E-state index contributed by atoms with van der Waals surface area (Å²) >= 11 is 0. The van der Waals surface area contributed by atoms with Gasteiger partial charge in [-0.25, -0.2) is 0 Å². The van der Waals surface area contributed by atoms with Gasteiger partial charge in [0.15, 0.2) is 12.4 Å². The number of fused-ring (bicyclic) bond motifs is 1. The fourth-order valence-corrected chi connectivity index (χ4v) is 4.02. The summed E-state index contributed by atoms with van der Waals surface area (Å²) in [6, 6.07) is 5.82. The molecule has 0 spiro atoms. The molecule has 1 fully saturated rings. The van der Waals surface area contributed by atoms with Crippen molar-refractivity contribution in [3.63, 3.8) is 0 Å². The summed E-state index contributed by atoms with van der Waals surface area (Å²) in [5, 5.41) is 2.84. The van der Waals surface area contributed by atoms with Crippen LogP contribution < -0.4 is 5.32 Å². The number of aryl methyl sites for hydroxylation is 2. The normalized spacial score (nSPS) is 16.6. The summed E-state index contributed by atoms with van der Waals surface area (Å²) in [7, 11) is 0. The molecule has 0 aromatic heterocycles. The Bertz CT molecular complexity index is 692. The molecule has 27 heavy (non-hydrogen) atoms. The summed E-state index contributed by atoms with van der Waals surface area (Å²) in [6.07, 6.45) is 9.42. The summed E-state index contributed by atoms with van der Waals surface area (Å²) in [6.45, 7) is 0.395. The monoisotopic (exact) mass is 371 g/mol. The number of carbonyl (C=O) groups excluding carboxylic acids is 3. The van der Waals surface area contributed by atoms with E-state index in [-0.39, 0.29) is 31.1 Å². The van der Waals surface area contributed by atoms with Gasteiger partial charge in [-0.3, -0.25) is 14.4 Å². The van der Waals surface area contributed by atoms with Gasteiger partial charge in [0.1, 0.15) is 0 Å². The van der Waals surface area contributed by atoms with Gasteiger partial charge in [0.05, 0.1) is 6.42 Å². The third kappa shape index (κ3) is 5.91. The van der Waals surface area contributed by atoms with Gasteiger partial charge in [-0.2, -0.15) is 0 Å². The average Bonchev–Trinajstić information content (AvgIpc) is 3.17. The smallest absolute Gasteiger partial charge is 0.306 e. The molecule has 1 saturated carbocycles. The summed E-state index contributed by atoms with van der Waals surface area (Å²) < 4.78 is 5.00. The molecule has 0 atom stereocenters. The molecule has 1 aromatic rings. The quantitative estimate of drug-likeness (QED) is 0.562. The van der Waals surface area contributed by atoms with Gasteiger partial charge in [-0.05, 0) is 55.2 Å². The van der Waals surface area contributed by atoms with Crippen LogP contribution in [0.4, 0.5) is 0 Å². The van der Waals surface area contributed by atoms with Crippen molar-refractivity contribution in [1.29, 1.82) is 0 Å². The van der Waals surface area contributed by atoms with Crippen LogP contribution in [0.2, 0.25) is 0 Å². The number of nitrogens with one attached hydrogen (secondary N) is 1. The van der Waals surface area contributed by atoms with E-state index in [9.17, 15) is 14.4 Å². The fraction of sp³-hybridized carbons (Fsp3) is 0.591. The van der Waals surface area contributed by atoms with Crippen LogP contribution in [0.1, 0.15) is 72.9 Å². The molecule has 1 N–H and O–H groups in total. The van der Waals surface area contributed by atoms with Gasteiger partial charge >= 0.3 is 5.97 Å². The molecule has 0 radical (unpaired) electrons. The molecule has 0 saturated heterocycles. The van der Waals surface area contributed by atoms with Crippen LogP contribution in [0.5, 0.6) is 0 Å². The second kappa shape index (κ2) is 9.67. The first-order valence-electron chi connectivity index (χ1n) is 10.2.